The number of fused-ring (bicyclic) bond motifs is 1. The van der Waals surface area contributed by atoms with Crippen molar-refractivity contribution in [3.05, 3.63) is 54.1 Å². The fraction of sp³-hybridized carbons (Fsp3) is 0.333. The Bertz CT molecular complexity index is 890. The zero-order valence-electron chi connectivity index (χ0n) is 13.7. The Morgan fingerprint density at radius 2 is 2.16 bits per heavy atom. The Labute approximate surface area is 144 Å². The summed E-state index contributed by atoms with van der Waals surface area (Å²) in [7, 11) is 0. The van der Waals surface area contributed by atoms with Crippen molar-refractivity contribution in [2.75, 3.05) is 18.0 Å². The van der Waals surface area contributed by atoms with Gasteiger partial charge >= 0.3 is 5.97 Å². The minimum atomic E-state index is -0.950. The first-order valence-electron chi connectivity index (χ1n) is 8.43. The summed E-state index contributed by atoms with van der Waals surface area (Å²) in [5, 5.41) is 17.5. The zero-order valence-corrected chi connectivity index (χ0v) is 13.7. The van der Waals surface area contributed by atoms with Gasteiger partial charge in [-0.15, -0.1) is 10.2 Å². The minimum absolute atomic E-state index is 0.215. The quantitative estimate of drug-likeness (QED) is 0.786. The number of aromatic nitrogens is 4. The molecule has 3 aromatic rings. The molecule has 1 unspecified atom stereocenters. The molecular formula is C18H19N5O2. The van der Waals surface area contributed by atoms with Crippen LogP contribution in [0.1, 0.15) is 29.0 Å². The van der Waals surface area contributed by atoms with Crippen molar-refractivity contribution in [1.82, 2.24) is 19.6 Å². The summed E-state index contributed by atoms with van der Waals surface area (Å²) in [4.78, 5) is 17.5. The lowest BCUT2D eigenvalue weighted by Crippen LogP contribution is -2.37. The van der Waals surface area contributed by atoms with Crippen LogP contribution in [-0.2, 0) is 6.42 Å². The second-order valence-electron chi connectivity index (χ2n) is 6.41. The van der Waals surface area contributed by atoms with Crippen molar-refractivity contribution < 1.29 is 9.90 Å². The molecule has 1 aliphatic rings. The average Bonchev–Trinajstić information content (AvgIpc) is 3.05. The second-order valence-corrected chi connectivity index (χ2v) is 6.41. The first-order valence-corrected chi connectivity index (χ1v) is 8.43. The summed E-state index contributed by atoms with van der Waals surface area (Å²) in [5.41, 5.74) is 1.09. The van der Waals surface area contributed by atoms with Crippen molar-refractivity contribution >= 4 is 17.4 Å². The van der Waals surface area contributed by atoms with E-state index in [1.807, 2.05) is 28.8 Å². The Morgan fingerprint density at radius 3 is 2.96 bits per heavy atom. The van der Waals surface area contributed by atoms with Gasteiger partial charge in [-0.25, -0.2) is 9.78 Å². The third-order valence-corrected chi connectivity index (χ3v) is 4.69. The van der Waals surface area contributed by atoms with E-state index in [4.69, 9.17) is 5.11 Å². The van der Waals surface area contributed by atoms with Crippen LogP contribution in [0.4, 0.5) is 5.82 Å². The highest BCUT2D eigenvalue weighted by Gasteiger charge is 2.23. The van der Waals surface area contributed by atoms with Gasteiger partial charge in [0.05, 0.1) is 5.56 Å². The van der Waals surface area contributed by atoms with Crippen LogP contribution in [0.15, 0.2) is 42.7 Å². The summed E-state index contributed by atoms with van der Waals surface area (Å²) in [5.74, 6) is 1.34. The molecule has 1 fully saturated rings. The van der Waals surface area contributed by atoms with E-state index in [0.717, 1.165) is 49.6 Å². The van der Waals surface area contributed by atoms with Crippen molar-refractivity contribution in [2.45, 2.75) is 19.3 Å². The molecule has 0 saturated carbocycles. The molecule has 7 nitrogen and oxygen atoms in total. The third-order valence-electron chi connectivity index (χ3n) is 4.69. The molecule has 4 heterocycles. The summed E-state index contributed by atoms with van der Waals surface area (Å²) in [6.07, 6.45) is 6.52. The fourth-order valence-corrected chi connectivity index (χ4v) is 3.43. The molecule has 0 aliphatic carbocycles. The molecule has 1 saturated heterocycles. The van der Waals surface area contributed by atoms with Crippen molar-refractivity contribution in [2.24, 2.45) is 5.92 Å². The lowest BCUT2D eigenvalue weighted by molar-refractivity contribution is 0.0696. The summed E-state index contributed by atoms with van der Waals surface area (Å²) in [6, 6.07) is 9.31. The summed E-state index contributed by atoms with van der Waals surface area (Å²) >= 11 is 0. The molecule has 3 aromatic heterocycles. The van der Waals surface area contributed by atoms with Gasteiger partial charge in [0.15, 0.2) is 5.65 Å². The smallest absolute Gasteiger partial charge is 0.337 e. The van der Waals surface area contributed by atoms with Crippen molar-refractivity contribution in [1.29, 1.82) is 0 Å². The predicted molar refractivity (Wildman–Crippen MR) is 92.8 cm³/mol. The average molecular weight is 337 g/mol. The number of rotatable bonds is 4. The largest absolute Gasteiger partial charge is 0.478 e. The molecule has 0 bridgehead atoms. The highest BCUT2D eigenvalue weighted by Crippen LogP contribution is 2.24. The van der Waals surface area contributed by atoms with Crippen LogP contribution < -0.4 is 4.90 Å². The van der Waals surface area contributed by atoms with Gasteiger partial charge in [-0.05, 0) is 43.0 Å². The minimum Gasteiger partial charge on any atom is -0.478 e. The molecule has 1 N–H and O–H groups in total. The number of anilines is 1. The Morgan fingerprint density at radius 1 is 1.24 bits per heavy atom. The first-order chi connectivity index (χ1) is 12.2. The molecule has 25 heavy (non-hydrogen) atoms. The van der Waals surface area contributed by atoms with E-state index in [-0.39, 0.29) is 5.56 Å². The van der Waals surface area contributed by atoms with Crippen LogP contribution in [0.3, 0.4) is 0 Å². The number of carbonyl (C=O) groups is 1. The number of hydrogen-bond acceptors (Lipinski definition) is 5. The van der Waals surface area contributed by atoms with E-state index >= 15 is 0 Å². The number of piperidine rings is 1. The van der Waals surface area contributed by atoms with Crippen LogP contribution in [-0.4, -0.2) is 43.7 Å². The van der Waals surface area contributed by atoms with Gasteiger partial charge in [0.2, 0.25) is 0 Å². The van der Waals surface area contributed by atoms with Gasteiger partial charge < -0.3 is 10.0 Å². The molecule has 1 aliphatic heterocycles. The van der Waals surface area contributed by atoms with E-state index in [2.05, 4.69) is 20.1 Å². The topological polar surface area (TPSA) is 83.6 Å². The number of nitrogens with zero attached hydrogens (tertiary/aromatic N) is 5. The predicted octanol–water partition coefficient (Wildman–Crippen LogP) is 2.28. The molecule has 0 amide bonds. The van der Waals surface area contributed by atoms with E-state index < -0.39 is 5.97 Å². The fourth-order valence-electron chi connectivity index (χ4n) is 3.43. The van der Waals surface area contributed by atoms with E-state index in [1.54, 1.807) is 12.1 Å². The Balaban J connectivity index is 1.48. The normalized spacial score (nSPS) is 17.8. The van der Waals surface area contributed by atoms with E-state index in [0.29, 0.717) is 5.92 Å². The number of hydrogen-bond donors (Lipinski definition) is 1. The third kappa shape index (κ3) is 3.17. The van der Waals surface area contributed by atoms with Gasteiger partial charge in [0.1, 0.15) is 11.6 Å². The van der Waals surface area contributed by atoms with Crippen molar-refractivity contribution in [3.63, 3.8) is 0 Å². The van der Waals surface area contributed by atoms with Gasteiger partial charge in [0.25, 0.3) is 0 Å². The monoisotopic (exact) mass is 337 g/mol. The molecule has 0 aromatic carbocycles. The summed E-state index contributed by atoms with van der Waals surface area (Å²) in [6.45, 7) is 1.83. The summed E-state index contributed by atoms with van der Waals surface area (Å²) < 4.78 is 2.04. The molecule has 1 atom stereocenters. The number of aromatic carboxylic acids is 1. The maximum atomic E-state index is 11.0. The van der Waals surface area contributed by atoms with Crippen LogP contribution in [0.5, 0.6) is 0 Å². The Kier molecular flexibility index (Phi) is 4.05. The number of carboxylic acid groups (broad SMARTS) is 1. The number of carboxylic acids is 1. The molecular weight excluding hydrogens is 318 g/mol. The maximum Gasteiger partial charge on any atom is 0.337 e. The molecule has 0 spiro atoms. The van der Waals surface area contributed by atoms with Gasteiger partial charge in [-0.1, -0.05) is 6.07 Å². The SMILES string of the molecule is O=C(O)c1ccc(N2CCCC(Cc3nnc4ccccn34)C2)nc1. The molecule has 0 radical (unpaired) electrons. The highest BCUT2D eigenvalue weighted by molar-refractivity contribution is 5.87. The highest BCUT2D eigenvalue weighted by atomic mass is 16.4. The van der Waals surface area contributed by atoms with Crippen LogP contribution in [0.2, 0.25) is 0 Å². The van der Waals surface area contributed by atoms with Crippen LogP contribution in [0.25, 0.3) is 5.65 Å². The van der Waals surface area contributed by atoms with E-state index in [9.17, 15) is 4.79 Å². The van der Waals surface area contributed by atoms with Crippen LogP contribution in [0, 0.1) is 5.92 Å². The zero-order chi connectivity index (χ0) is 17.2. The van der Waals surface area contributed by atoms with Gasteiger partial charge in [0, 0.05) is 31.9 Å². The maximum absolute atomic E-state index is 11.0. The van der Waals surface area contributed by atoms with Crippen LogP contribution >= 0.6 is 0 Å². The Hall–Kier alpha value is -2.96. The first kappa shape index (κ1) is 15.6. The van der Waals surface area contributed by atoms with E-state index in [1.165, 1.54) is 6.20 Å². The molecule has 4 rings (SSSR count). The van der Waals surface area contributed by atoms with Gasteiger partial charge in [-0.3, -0.25) is 4.40 Å². The number of pyridine rings is 2. The standard InChI is InChI=1S/C18H19N5O2/c24-18(25)14-6-7-15(19-11-14)22-8-3-4-13(12-22)10-17-21-20-16-5-1-2-9-23(16)17/h1-2,5-7,9,11,13H,3-4,8,10,12H2,(H,24,25). The van der Waals surface area contributed by atoms with Crippen molar-refractivity contribution in [3.8, 4) is 0 Å². The lowest BCUT2D eigenvalue weighted by atomic mass is 9.94. The van der Waals surface area contributed by atoms with Gasteiger partial charge in [-0.2, -0.15) is 0 Å². The molecule has 128 valence electrons. The second kappa shape index (κ2) is 6.51. The lowest BCUT2D eigenvalue weighted by Gasteiger charge is -2.33. The molecule has 7 heteroatoms.